The third kappa shape index (κ3) is 2.63. The molecule has 4 nitrogen and oxygen atoms in total. The van der Waals surface area contributed by atoms with Crippen molar-refractivity contribution in [1.29, 1.82) is 0 Å². The molecule has 0 atom stereocenters. The summed E-state index contributed by atoms with van der Waals surface area (Å²) >= 11 is 2.03. The summed E-state index contributed by atoms with van der Waals surface area (Å²) in [4.78, 5) is 15.9. The average Bonchev–Trinajstić information content (AvgIpc) is 2.54. The molecule has 0 aliphatic rings. The highest BCUT2D eigenvalue weighted by atomic mass is 127. The quantitative estimate of drug-likeness (QED) is 0.674. The van der Waals surface area contributed by atoms with Crippen LogP contribution in [0.1, 0.15) is 20.8 Å². The minimum Gasteiger partial charge on any atom is -0.443 e. The van der Waals surface area contributed by atoms with Crippen molar-refractivity contribution < 1.29 is 13.9 Å². The maximum Gasteiger partial charge on any atom is 0.420 e. The second-order valence-electron chi connectivity index (χ2n) is 4.85. The number of rotatable bonds is 0. The summed E-state index contributed by atoms with van der Waals surface area (Å²) in [5.74, 6) is -0.428. The summed E-state index contributed by atoms with van der Waals surface area (Å²) in [6, 6.07) is 1.35. The zero-order valence-electron chi connectivity index (χ0n) is 10.2. The number of carbonyl (C=O) groups excluding carboxylic acids is 1. The molecule has 2 aromatic heterocycles. The van der Waals surface area contributed by atoms with Gasteiger partial charge in [0.2, 0.25) is 0 Å². The molecule has 2 rings (SSSR count). The number of hydrogen-bond acceptors (Lipinski definition) is 3. The Bertz CT molecular complexity index is 616. The van der Waals surface area contributed by atoms with Gasteiger partial charge in [0.15, 0.2) is 5.65 Å². The first-order valence-corrected chi connectivity index (χ1v) is 6.41. The van der Waals surface area contributed by atoms with Crippen LogP contribution in [0.2, 0.25) is 0 Å². The van der Waals surface area contributed by atoms with E-state index in [2.05, 4.69) is 4.98 Å². The van der Waals surface area contributed by atoms with E-state index in [-0.39, 0.29) is 0 Å². The molecule has 0 spiro atoms. The Hall–Kier alpha value is -1.18. The highest BCUT2D eigenvalue weighted by Crippen LogP contribution is 2.23. The molecule has 0 aliphatic heterocycles. The number of nitrogens with zero attached hydrogens (tertiary/aromatic N) is 2. The van der Waals surface area contributed by atoms with E-state index < -0.39 is 17.5 Å². The maximum atomic E-state index is 13.1. The van der Waals surface area contributed by atoms with Crippen LogP contribution >= 0.6 is 22.6 Å². The van der Waals surface area contributed by atoms with Crippen molar-refractivity contribution in [3.8, 4) is 0 Å². The van der Waals surface area contributed by atoms with Crippen molar-refractivity contribution in [3.63, 3.8) is 0 Å². The molecule has 2 heterocycles. The van der Waals surface area contributed by atoms with Crippen LogP contribution in [0.15, 0.2) is 18.5 Å². The van der Waals surface area contributed by atoms with Crippen molar-refractivity contribution in [3.05, 3.63) is 27.8 Å². The molecule has 96 valence electrons. The third-order valence-electron chi connectivity index (χ3n) is 2.15. The Morgan fingerprint density at radius 2 is 2.17 bits per heavy atom. The first kappa shape index (κ1) is 13.3. The van der Waals surface area contributed by atoms with Crippen LogP contribution in [0.5, 0.6) is 0 Å². The SMILES string of the molecule is CC(C)(C)OC(=O)n1cc(I)c2cc(F)cnc21. The summed E-state index contributed by atoms with van der Waals surface area (Å²) in [5, 5.41) is 0.599. The molecule has 6 heteroatoms. The largest absolute Gasteiger partial charge is 0.443 e. The van der Waals surface area contributed by atoms with Gasteiger partial charge in [0.1, 0.15) is 11.4 Å². The Morgan fingerprint density at radius 3 is 2.78 bits per heavy atom. The van der Waals surface area contributed by atoms with Crippen LogP contribution in [0, 0.1) is 9.39 Å². The van der Waals surface area contributed by atoms with Gasteiger partial charge in [0.05, 0.1) is 6.20 Å². The first-order valence-electron chi connectivity index (χ1n) is 5.33. The zero-order chi connectivity index (χ0) is 13.5. The van der Waals surface area contributed by atoms with Gasteiger partial charge in [-0.3, -0.25) is 0 Å². The number of carbonyl (C=O) groups is 1. The Kier molecular flexibility index (Phi) is 3.31. The highest BCUT2D eigenvalue weighted by Gasteiger charge is 2.21. The Balaban J connectivity index is 2.49. The summed E-state index contributed by atoms with van der Waals surface area (Å²) < 4.78 is 20.4. The number of hydrogen-bond donors (Lipinski definition) is 0. The van der Waals surface area contributed by atoms with E-state index in [4.69, 9.17) is 4.74 Å². The average molecular weight is 362 g/mol. The fraction of sp³-hybridized carbons (Fsp3) is 0.333. The lowest BCUT2D eigenvalue weighted by molar-refractivity contribution is 0.0543. The third-order valence-corrected chi connectivity index (χ3v) is 3.01. The van der Waals surface area contributed by atoms with E-state index in [0.717, 1.165) is 9.77 Å². The standard InChI is InChI=1S/C12H12FIN2O2/c1-12(2,3)18-11(17)16-6-9(14)8-4-7(13)5-15-10(8)16/h4-6H,1-3H3. The molecule has 0 N–H and O–H groups in total. The number of ether oxygens (including phenoxy) is 1. The van der Waals surface area contributed by atoms with Crippen LogP contribution in [-0.2, 0) is 4.74 Å². The fourth-order valence-electron chi connectivity index (χ4n) is 1.49. The number of aromatic nitrogens is 2. The van der Waals surface area contributed by atoms with E-state index in [1.54, 1.807) is 27.0 Å². The van der Waals surface area contributed by atoms with Gasteiger partial charge in [0, 0.05) is 15.2 Å². The van der Waals surface area contributed by atoms with E-state index >= 15 is 0 Å². The minimum absolute atomic E-state index is 0.398. The van der Waals surface area contributed by atoms with Gasteiger partial charge in [0.25, 0.3) is 0 Å². The molecule has 0 aromatic carbocycles. The van der Waals surface area contributed by atoms with Gasteiger partial charge < -0.3 is 4.74 Å². The van der Waals surface area contributed by atoms with Gasteiger partial charge in [-0.1, -0.05) is 0 Å². The highest BCUT2D eigenvalue weighted by molar-refractivity contribution is 14.1. The number of fused-ring (bicyclic) bond motifs is 1. The molecule has 0 unspecified atom stereocenters. The molecule has 0 saturated carbocycles. The molecule has 0 fully saturated rings. The number of halogens is 2. The summed E-state index contributed by atoms with van der Waals surface area (Å²) in [6.07, 6.45) is 2.15. The molecule has 0 radical (unpaired) electrons. The first-order chi connectivity index (χ1) is 8.28. The second kappa shape index (κ2) is 4.49. The lowest BCUT2D eigenvalue weighted by Crippen LogP contribution is -2.26. The van der Waals surface area contributed by atoms with E-state index in [0.29, 0.717) is 11.0 Å². The van der Waals surface area contributed by atoms with Gasteiger partial charge in [-0.2, -0.15) is 0 Å². The lowest BCUT2D eigenvalue weighted by atomic mass is 10.2. The predicted octanol–water partition coefficient (Wildman–Crippen LogP) is 3.56. The van der Waals surface area contributed by atoms with E-state index in [1.807, 2.05) is 22.6 Å². The maximum absolute atomic E-state index is 13.1. The van der Waals surface area contributed by atoms with Gasteiger partial charge in [-0.25, -0.2) is 18.7 Å². The lowest BCUT2D eigenvalue weighted by Gasteiger charge is -2.19. The minimum atomic E-state index is -0.584. The Morgan fingerprint density at radius 1 is 1.50 bits per heavy atom. The molecule has 0 bridgehead atoms. The topological polar surface area (TPSA) is 44.1 Å². The van der Waals surface area contributed by atoms with Crippen molar-refractivity contribution in [2.45, 2.75) is 26.4 Å². The normalized spacial score (nSPS) is 11.8. The second-order valence-corrected chi connectivity index (χ2v) is 6.01. The van der Waals surface area contributed by atoms with Crippen LogP contribution in [0.4, 0.5) is 9.18 Å². The smallest absolute Gasteiger partial charge is 0.420 e. The zero-order valence-corrected chi connectivity index (χ0v) is 12.4. The van der Waals surface area contributed by atoms with Gasteiger partial charge in [-0.05, 0) is 49.4 Å². The summed E-state index contributed by atoms with van der Waals surface area (Å²) in [6.45, 7) is 5.36. The molecule has 0 saturated heterocycles. The molecule has 0 aliphatic carbocycles. The Labute approximate surface area is 117 Å². The van der Waals surface area contributed by atoms with Crippen molar-refractivity contribution in [1.82, 2.24) is 9.55 Å². The summed E-state index contributed by atoms with van der Waals surface area (Å²) in [5.41, 5.74) is -0.186. The van der Waals surface area contributed by atoms with Crippen LogP contribution in [-0.4, -0.2) is 21.2 Å². The summed E-state index contributed by atoms with van der Waals surface area (Å²) in [7, 11) is 0. The van der Waals surface area contributed by atoms with Crippen LogP contribution < -0.4 is 0 Å². The number of pyridine rings is 1. The molecule has 0 amide bonds. The van der Waals surface area contributed by atoms with Crippen molar-refractivity contribution in [2.24, 2.45) is 0 Å². The van der Waals surface area contributed by atoms with Crippen molar-refractivity contribution >= 4 is 39.7 Å². The van der Waals surface area contributed by atoms with Gasteiger partial charge in [-0.15, -0.1) is 0 Å². The molecular weight excluding hydrogens is 350 g/mol. The molecule has 2 aromatic rings. The molecule has 18 heavy (non-hydrogen) atoms. The van der Waals surface area contributed by atoms with Crippen molar-refractivity contribution in [2.75, 3.05) is 0 Å². The monoisotopic (exact) mass is 362 g/mol. The van der Waals surface area contributed by atoms with E-state index in [1.165, 1.54) is 10.6 Å². The van der Waals surface area contributed by atoms with E-state index in [9.17, 15) is 9.18 Å². The predicted molar refractivity (Wildman–Crippen MR) is 74.0 cm³/mol. The van der Waals surface area contributed by atoms with Crippen LogP contribution in [0.3, 0.4) is 0 Å². The van der Waals surface area contributed by atoms with Crippen LogP contribution in [0.25, 0.3) is 11.0 Å². The fourth-order valence-corrected chi connectivity index (χ4v) is 2.17. The molecular formula is C12H12FIN2O2. The van der Waals surface area contributed by atoms with Gasteiger partial charge >= 0.3 is 6.09 Å².